The second-order valence-electron chi connectivity index (χ2n) is 14.5. The van der Waals surface area contributed by atoms with Gasteiger partial charge in [0.2, 0.25) is 47.3 Å². The molecule has 0 aliphatic carbocycles. The highest BCUT2D eigenvalue weighted by atomic mass is 16.4. The topological polar surface area (TPSA) is 426 Å². The van der Waals surface area contributed by atoms with Crippen molar-refractivity contribution in [1.29, 1.82) is 0 Å². The molecule has 344 valence electrons. The van der Waals surface area contributed by atoms with Crippen molar-refractivity contribution < 1.29 is 63.6 Å². The zero-order chi connectivity index (χ0) is 46.7. The average Bonchev–Trinajstić information content (AvgIpc) is 3.71. The molecule has 1 aromatic carbocycles. The number of nitrogens with two attached hydrogens (primary N) is 4. The summed E-state index contributed by atoms with van der Waals surface area (Å²) in [5.41, 5.74) is 21.8. The number of likely N-dealkylation sites (tertiary alicyclic amines) is 1. The fraction of sp³-hybridized carbons (Fsp3) is 0.568. The number of nitrogens with one attached hydrogen (secondary N) is 6. The number of carboxylic acids is 1. The van der Waals surface area contributed by atoms with Crippen LogP contribution in [0.5, 0.6) is 5.75 Å². The summed E-state index contributed by atoms with van der Waals surface area (Å²) in [7, 11) is 0. The van der Waals surface area contributed by atoms with Gasteiger partial charge in [0, 0.05) is 25.9 Å². The third kappa shape index (κ3) is 16.8. The molecule has 1 aromatic rings. The maximum Gasteiger partial charge on any atom is 0.326 e. The average molecular weight is 879 g/mol. The molecular formula is C37H58N12O13. The lowest BCUT2D eigenvalue weighted by atomic mass is 10.0. The molecule has 18 N–H and O–H groups in total. The fourth-order valence-electron chi connectivity index (χ4n) is 6.20. The number of aromatic hydroxyl groups is 1. The molecule has 2 rings (SSSR count). The lowest BCUT2D eigenvalue weighted by molar-refractivity contribution is -0.142. The molecule has 1 aliphatic heterocycles. The first-order chi connectivity index (χ1) is 29.2. The number of phenols is 1. The molecule has 0 saturated carbocycles. The first-order valence-corrected chi connectivity index (χ1v) is 19.6. The van der Waals surface area contributed by atoms with E-state index in [9.17, 15) is 63.6 Å². The first-order valence-electron chi connectivity index (χ1n) is 19.6. The Morgan fingerprint density at radius 1 is 0.806 bits per heavy atom. The van der Waals surface area contributed by atoms with Gasteiger partial charge in [0.05, 0.1) is 19.3 Å². The summed E-state index contributed by atoms with van der Waals surface area (Å²) in [4.78, 5) is 121. The summed E-state index contributed by atoms with van der Waals surface area (Å²) in [6, 6.07) is -4.34. The first kappa shape index (κ1) is 51.5. The molecule has 1 saturated heterocycles. The standard InChI is InChI=1S/C37H58N12O13/c1-18(30(55)46-23(36(61)62)5-3-13-42-37(40)41)43-34(59)29(19(2)51)48-32(57)25(17-50)47-31(56)22(11-12-27(39)53)45-33(58)26-6-4-14-49(26)35(60)24(44-28(54)16-38)15-20-7-9-21(52)10-8-20/h7-10,18-19,22-26,29,50-52H,3-6,11-17,38H2,1-2H3,(H2,39,53)(H,43,59)(H,44,54)(H,45,58)(H,46,55)(H,47,56)(H,48,57)(H,61,62)(H4,40,41,42)/t18-,19+,22-,23-,24-,25-,26-,29-/m0/s1. The number of aliphatic imine (C=N–C) groups is 1. The predicted octanol–water partition coefficient (Wildman–Crippen LogP) is -6.41. The molecule has 25 heteroatoms. The van der Waals surface area contributed by atoms with E-state index in [1.807, 2.05) is 0 Å². The number of guanidine groups is 1. The molecule has 25 nitrogen and oxygen atoms in total. The Labute approximate surface area is 356 Å². The third-order valence-electron chi connectivity index (χ3n) is 9.54. The second kappa shape index (κ2) is 25.2. The molecule has 0 bridgehead atoms. The number of aliphatic carboxylic acids is 1. The largest absolute Gasteiger partial charge is 0.508 e. The molecule has 8 atom stereocenters. The summed E-state index contributed by atoms with van der Waals surface area (Å²) < 4.78 is 0. The molecule has 62 heavy (non-hydrogen) atoms. The van der Waals surface area contributed by atoms with Gasteiger partial charge in [-0.1, -0.05) is 12.1 Å². The number of aliphatic hydroxyl groups is 2. The minimum Gasteiger partial charge on any atom is -0.508 e. The molecule has 8 amide bonds. The number of carbonyl (C=O) groups excluding carboxylic acids is 8. The molecule has 1 fully saturated rings. The van der Waals surface area contributed by atoms with Gasteiger partial charge in [-0.05, 0) is 63.6 Å². The van der Waals surface area contributed by atoms with Crippen LogP contribution >= 0.6 is 0 Å². The van der Waals surface area contributed by atoms with E-state index in [0.717, 1.165) is 6.92 Å². The van der Waals surface area contributed by atoms with Gasteiger partial charge in [0.25, 0.3) is 0 Å². The highest BCUT2D eigenvalue weighted by Gasteiger charge is 2.40. The minimum atomic E-state index is -1.81. The monoisotopic (exact) mass is 878 g/mol. The molecule has 1 heterocycles. The number of hydrogen-bond acceptors (Lipinski definition) is 14. The summed E-state index contributed by atoms with van der Waals surface area (Å²) in [6.45, 7) is 1.02. The number of benzene rings is 1. The van der Waals surface area contributed by atoms with Crippen LogP contribution in [0, 0.1) is 0 Å². The molecular weight excluding hydrogens is 820 g/mol. The van der Waals surface area contributed by atoms with Gasteiger partial charge in [-0.25, -0.2) is 4.79 Å². The summed E-state index contributed by atoms with van der Waals surface area (Å²) in [5, 5.41) is 53.5. The van der Waals surface area contributed by atoms with Crippen molar-refractivity contribution in [3.05, 3.63) is 29.8 Å². The van der Waals surface area contributed by atoms with Gasteiger partial charge in [-0.15, -0.1) is 0 Å². The van der Waals surface area contributed by atoms with E-state index in [0.29, 0.717) is 12.0 Å². The van der Waals surface area contributed by atoms with Crippen LogP contribution in [0.15, 0.2) is 29.3 Å². The highest BCUT2D eigenvalue weighted by Crippen LogP contribution is 2.21. The van der Waals surface area contributed by atoms with Gasteiger partial charge >= 0.3 is 5.97 Å². The summed E-state index contributed by atoms with van der Waals surface area (Å²) in [5.74, 6) is -8.88. The summed E-state index contributed by atoms with van der Waals surface area (Å²) in [6.07, 6.45) is -1.83. The van der Waals surface area contributed by atoms with Crippen LogP contribution in [0.2, 0.25) is 0 Å². The van der Waals surface area contributed by atoms with E-state index in [-0.39, 0.29) is 56.9 Å². The van der Waals surface area contributed by atoms with Crippen molar-refractivity contribution in [2.75, 3.05) is 26.2 Å². The Kier molecular flexibility index (Phi) is 21.0. The van der Waals surface area contributed by atoms with E-state index in [1.54, 1.807) is 12.1 Å². The Balaban J connectivity index is 2.17. The predicted molar refractivity (Wildman–Crippen MR) is 218 cm³/mol. The zero-order valence-corrected chi connectivity index (χ0v) is 34.4. The van der Waals surface area contributed by atoms with Crippen molar-refractivity contribution in [2.24, 2.45) is 27.9 Å². The SMILES string of the molecule is C[C@H](NC(=O)[C@@H](NC(=O)[C@H](CO)NC(=O)[C@H](CCC(N)=O)NC(=O)[C@@H]1CCCN1C(=O)[C@H](Cc1ccc(O)cc1)NC(=O)CN)[C@@H](C)O)C(=O)N[C@@H](CCCN=C(N)N)C(=O)O. The van der Waals surface area contributed by atoms with Gasteiger partial charge in [0.1, 0.15) is 48.0 Å². The minimum absolute atomic E-state index is 0.0211. The van der Waals surface area contributed by atoms with Crippen LogP contribution in [-0.2, 0) is 49.6 Å². The van der Waals surface area contributed by atoms with Crippen molar-refractivity contribution in [3.8, 4) is 5.75 Å². The number of hydrogen-bond donors (Lipinski definition) is 14. The molecule has 0 aromatic heterocycles. The van der Waals surface area contributed by atoms with Gasteiger partial charge in [0.15, 0.2) is 5.96 Å². The number of aliphatic hydroxyl groups excluding tert-OH is 2. The molecule has 0 spiro atoms. The van der Waals surface area contributed by atoms with Crippen molar-refractivity contribution in [1.82, 2.24) is 36.8 Å². The number of carboxylic acid groups (broad SMARTS) is 1. The normalized spacial score (nSPS) is 16.7. The van der Waals surface area contributed by atoms with Gasteiger partial charge < -0.3 is 80.2 Å². The number of primary amides is 1. The maximum absolute atomic E-state index is 13.8. The molecule has 0 radical (unpaired) electrons. The van der Waals surface area contributed by atoms with Crippen molar-refractivity contribution in [3.63, 3.8) is 0 Å². The Hall–Kier alpha value is -6.60. The lowest BCUT2D eigenvalue weighted by Gasteiger charge is -2.30. The van der Waals surface area contributed by atoms with Gasteiger partial charge in [-0.3, -0.25) is 43.3 Å². The van der Waals surface area contributed by atoms with Crippen LogP contribution < -0.4 is 54.8 Å². The number of carbonyl (C=O) groups is 9. The van der Waals surface area contributed by atoms with Crippen molar-refractivity contribution in [2.45, 2.75) is 107 Å². The Morgan fingerprint density at radius 3 is 2.00 bits per heavy atom. The quantitative estimate of drug-likeness (QED) is 0.0247. The van der Waals surface area contributed by atoms with Crippen LogP contribution in [0.4, 0.5) is 0 Å². The van der Waals surface area contributed by atoms with E-state index >= 15 is 0 Å². The number of nitrogens with zero attached hydrogens (tertiary/aromatic N) is 2. The number of amides is 8. The number of rotatable bonds is 25. The second-order valence-corrected chi connectivity index (χ2v) is 14.5. The van der Waals surface area contributed by atoms with Crippen LogP contribution in [-0.4, -0.2) is 159 Å². The van der Waals surface area contributed by atoms with E-state index < -0.39 is 121 Å². The van der Waals surface area contributed by atoms with Crippen LogP contribution in [0.3, 0.4) is 0 Å². The smallest absolute Gasteiger partial charge is 0.326 e. The van der Waals surface area contributed by atoms with E-state index in [1.165, 1.54) is 24.0 Å². The van der Waals surface area contributed by atoms with Crippen molar-refractivity contribution >= 4 is 59.2 Å². The zero-order valence-electron chi connectivity index (χ0n) is 34.4. The van der Waals surface area contributed by atoms with Crippen LogP contribution in [0.1, 0.15) is 57.9 Å². The van der Waals surface area contributed by atoms with E-state index in [4.69, 9.17) is 22.9 Å². The van der Waals surface area contributed by atoms with Gasteiger partial charge in [-0.2, -0.15) is 0 Å². The molecule has 0 unspecified atom stereocenters. The Morgan fingerprint density at radius 2 is 1.44 bits per heavy atom. The van der Waals surface area contributed by atoms with Crippen LogP contribution in [0.25, 0.3) is 0 Å². The lowest BCUT2D eigenvalue weighted by Crippen LogP contribution is -2.62. The maximum atomic E-state index is 13.8. The fourth-order valence-corrected chi connectivity index (χ4v) is 6.20. The summed E-state index contributed by atoms with van der Waals surface area (Å²) >= 11 is 0. The third-order valence-corrected chi connectivity index (χ3v) is 9.54. The Bertz CT molecular complexity index is 1790. The molecule has 1 aliphatic rings. The number of phenolic OH excluding ortho intramolecular Hbond substituents is 1. The highest BCUT2D eigenvalue weighted by molar-refractivity contribution is 5.98. The van der Waals surface area contributed by atoms with E-state index in [2.05, 4.69) is 36.9 Å².